The Bertz CT molecular complexity index is 904. The molecule has 3 aliphatic rings. The van der Waals surface area contributed by atoms with Crippen molar-refractivity contribution in [1.29, 1.82) is 0 Å². The predicted octanol–water partition coefficient (Wildman–Crippen LogP) is 1.57. The Kier molecular flexibility index (Phi) is 4.25. The quantitative estimate of drug-likeness (QED) is 0.872. The highest BCUT2D eigenvalue weighted by molar-refractivity contribution is 5.91. The average Bonchev–Trinajstić information content (AvgIpc) is 3.26. The lowest BCUT2D eigenvalue weighted by Gasteiger charge is -2.42. The zero-order valence-electron chi connectivity index (χ0n) is 16.7. The summed E-state index contributed by atoms with van der Waals surface area (Å²) in [6, 6.07) is 8.96. The van der Waals surface area contributed by atoms with Crippen LogP contribution >= 0.6 is 0 Å². The maximum absolute atomic E-state index is 12.6. The van der Waals surface area contributed by atoms with Gasteiger partial charge in [0.05, 0.1) is 12.1 Å². The minimum Gasteiger partial charge on any atom is -0.347 e. The fraction of sp³-hybridized carbons (Fsp3) is 0.571. The van der Waals surface area contributed by atoms with Gasteiger partial charge in [0.25, 0.3) is 5.91 Å². The minimum atomic E-state index is -0.0734. The third kappa shape index (κ3) is 3.12. The molecule has 1 aromatic heterocycles. The first-order valence-corrected chi connectivity index (χ1v) is 10.3. The second-order valence-corrected chi connectivity index (χ2v) is 8.74. The first-order valence-electron chi connectivity index (χ1n) is 10.3. The lowest BCUT2D eigenvalue weighted by atomic mass is 9.94. The Morgan fingerprint density at radius 2 is 2.07 bits per heavy atom. The number of fused-ring (bicyclic) bond motifs is 1. The number of aromatic nitrogens is 3. The van der Waals surface area contributed by atoms with E-state index in [1.807, 2.05) is 0 Å². The Morgan fingerprint density at radius 3 is 2.86 bits per heavy atom. The Balaban J connectivity index is 1.35. The summed E-state index contributed by atoms with van der Waals surface area (Å²) in [6.07, 6.45) is 3.25. The number of nitrogens with zero attached hydrogens (tertiary/aromatic N) is 5. The molecule has 1 saturated carbocycles. The fourth-order valence-corrected chi connectivity index (χ4v) is 4.60. The van der Waals surface area contributed by atoms with Crippen molar-refractivity contribution in [2.45, 2.75) is 57.4 Å². The van der Waals surface area contributed by atoms with Gasteiger partial charge in [-0.1, -0.05) is 24.3 Å². The van der Waals surface area contributed by atoms with Gasteiger partial charge in [-0.05, 0) is 44.4 Å². The van der Waals surface area contributed by atoms with Gasteiger partial charge in [-0.15, -0.1) is 10.2 Å². The Hall–Kier alpha value is -2.25. The molecule has 1 spiro atoms. The molecule has 1 aliphatic carbocycles. The number of amides is 1. The highest BCUT2D eigenvalue weighted by Crippen LogP contribution is 2.35. The Labute approximate surface area is 165 Å². The molecule has 3 heterocycles. The molecule has 2 fully saturated rings. The SMILES string of the molecule is Cc1ccccc1CN1CC[C@@]2(C1)Cn1c(nnc1C(=O)NC1CC1)CN2C. The van der Waals surface area contributed by atoms with E-state index in [-0.39, 0.29) is 11.4 Å². The summed E-state index contributed by atoms with van der Waals surface area (Å²) in [5.74, 6) is 1.30. The number of likely N-dealkylation sites (N-methyl/N-ethyl adjacent to an activating group) is 1. The number of carbonyl (C=O) groups excluding carboxylic acids is 1. The lowest BCUT2D eigenvalue weighted by Crippen LogP contribution is -2.55. The van der Waals surface area contributed by atoms with Crippen LogP contribution in [0.15, 0.2) is 24.3 Å². The monoisotopic (exact) mass is 380 g/mol. The topological polar surface area (TPSA) is 66.3 Å². The van der Waals surface area contributed by atoms with Crippen LogP contribution in [0.1, 0.15) is 46.8 Å². The maximum atomic E-state index is 12.6. The molecule has 0 unspecified atom stereocenters. The van der Waals surface area contributed by atoms with Crippen LogP contribution in [0.4, 0.5) is 0 Å². The van der Waals surface area contributed by atoms with Crippen LogP contribution in [0.3, 0.4) is 0 Å². The second kappa shape index (κ2) is 6.67. The zero-order chi connectivity index (χ0) is 19.3. The van der Waals surface area contributed by atoms with Gasteiger partial charge in [-0.2, -0.15) is 0 Å². The van der Waals surface area contributed by atoms with Gasteiger partial charge in [-0.3, -0.25) is 14.6 Å². The molecule has 0 radical (unpaired) electrons. The van der Waals surface area contributed by atoms with Crippen molar-refractivity contribution in [3.05, 3.63) is 47.0 Å². The van der Waals surface area contributed by atoms with E-state index < -0.39 is 0 Å². The number of likely N-dealkylation sites (tertiary alicyclic amines) is 1. The Morgan fingerprint density at radius 1 is 1.25 bits per heavy atom. The summed E-state index contributed by atoms with van der Waals surface area (Å²) in [4.78, 5) is 17.6. The molecular weight excluding hydrogens is 352 g/mol. The molecule has 5 rings (SSSR count). The molecule has 1 atom stereocenters. The molecule has 28 heavy (non-hydrogen) atoms. The van der Waals surface area contributed by atoms with Gasteiger partial charge in [0.15, 0.2) is 0 Å². The van der Waals surface area contributed by atoms with Crippen LogP contribution in [-0.2, 0) is 19.6 Å². The molecule has 148 valence electrons. The van der Waals surface area contributed by atoms with Crippen molar-refractivity contribution in [2.24, 2.45) is 0 Å². The van der Waals surface area contributed by atoms with Crippen molar-refractivity contribution in [3.63, 3.8) is 0 Å². The summed E-state index contributed by atoms with van der Waals surface area (Å²) < 4.78 is 2.06. The average molecular weight is 380 g/mol. The molecule has 1 amide bonds. The summed E-state index contributed by atoms with van der Waals surface area (Å²) in [5.41, 5.74) is 2.78. The van der Waals surface area contributed by atoms with E-state index >= 15 is 0 Å². The molecule has 1 aromatic carbocycles. The van der Waals surface area contributed by atoms with Crippen LogP contribution < -0.4 is 5.32 Å². The minimum absolute atomic E-state index is 0.0344. The molecule has 2 aromatic rings. The fourth-order valence-electron chi connectivity index (χ4n) is 4.60. The summed E-state index contributed by atoms with van der Waals surface area (Å²) >= 11 is 0. The first kappa shape index (κ1) is 17.8. The van der Waals surface area contributed by atoms with Gasteiger partial charge in [-0.25, -0.2) is 0 Å². The van der Waals surface area contributed by atoms with Gasteiger partial charge in [0.2, 0.25) is 5.82 Å². The molecule has 7 heteroatoms. The van der Waals surface area contributed by atoms with Crippen molar-refractivity contribution in [1.82, 2.24) is 29.9 Å². The largest absolute Gasteiger partial charge is 0.347 e. The molecule has 7 nitrogen and oxygen atoms in total. The van der Waals surface area contributed by atoms with Gasteiger partial charge < -0.3 is 9.88 Å². The first-order chi connectivity index (χ1) is 13.5. The van der Waals surface area contributed by atoms with Crippen LogP contribution in [0.5, 0.6) is 0 Å². The number of nitrogens with one attached hydrogen (secondary N) is 1. The number of hydrogen-bond acceptors (Lipinski definition) is 5. The van der Waals surface area contributed by atoms with Gasteiger partial charge in [0.1, 0.15) is 5.82 Å². The third-order valence-electron chi connectivity index (χ3n) is 6.65. The van der Waals surface area contributed by atoms with Crippen LogP contribution in [-0.4, -0.2) is 62.2 Å². The standard InChI is InChI=1S/C21H28N6O/c1-15-5-3-4-6-16(15)11-26-10-9-21(13-26)14-27-18(12-25(21)2)23-24-19(27)20(28)22-17-7-8-17/h3-6,17H,7-14H2,1-2H3,(H,22,28)/t21-/m1/s1. The van der Waals surface area contributed by atoms with E-state index in [0.717, 1.165) is 57.8 Å². The lowest BCUT2D eigenvalue weighted by molar-refractivity contribution is 0.0648. The molecule has 1 saturated heterocycles. The highest BCUT2D eigenvalue weighted by Gasteiger charge is 2.46. The zero-order valence-corrected chi connectivity index (χ0v) is 16.7. The summed E-state index contributed by atoms with van der Waals surface area (Å²) in [5, 5.41) is 11.6. The van der Waals surface area contributed by atoms with Crippen LogP contribution in [0, 0.1) is 6.92 Å². The number of rotatable bonds is 4. The van der Waals surface area contributed by atoms with E-state index in [9.17, 15) is 4.79 Å². The third-order valence-corrected chi connectivity index (χ3v) is 6.65. The number of hydrogen-bond donors (Lipinski definition) is 1. The van der Waals surface area contributed by atoms with E-state index in [0.29, 0.717) is 11.9 Å². The summed E-state index contributed by atoms with van der Waals surface area (Å²) in [7, 11) is 2.18. The number of benzene rings is 1. The van der Waals surface area contributed by atoms with E-state index in [2.05, 4.69) is 68.1 Å². The van der Waals surface area contributed by atoms with Crippen molar-refractivity contribution in [3.8, 4) is 0 Å². The van der Waals surface area contributed by atoms with Crippen molar-refractivity contribution in [2.75, 3.05) is 20.1 Å². The maximum Gasteiger partial charge on any atom is 0.289 e. The number of carbonyl (C=O) groups is 1. The van der Waals surface area contributed by atoms with Crippen LogP contribution in [0.2, 0.25) is 0 Å². The molecule has 0 bridgehead atoms. The number of aryl methyl sites for hydroxylation is 1. The van der Waals surface area contributed by atoms with E-state index in [1.54, 1.807) is 0 Å². The van der Waals surface area contributed by atoms with Gasteiger partial charge in [0, 0.05) is 32.2 Å². The van der Waals surface area contributed by atoms with Gasteiger partial charge >= 0.3 is 0 Å². The molecular formula is C21H28N6O. The van der Waals surface area contributed by atoms with E-state index in [4.69, 9.17) is 0 Å². The second-order valence-electron chi connectivity index (χ2n) is 8.74. The smallest absolute Gasteiger partial charge is 0.289 e. The normalized spacial score (nSPS) is 25.2. The van der Waals surface area contributed by atoms with Crippen molar-refractivity contribution >= 4 is 5.91 Å². The molecule has 1 N–H and O–H groups in total. The highest BCUT2D eigenvalue weighted by atomic mass is 16.2. The summed E-state index contributed by atoms with van der Waals surface area (Å²) in [6.45, 7) is 6.75. The predicted molar refractivity (Wildman–Crippen MR) is 106 cm³/mol. The van der Waals surface area contributed by atoms with E-state index in [1.165, 1.54) is 11.1 Å². The molecule has 2 aliphatic heterocycles. The van der Waals surface area contributed by atoms with Crippen molar-refractivity contribution < 1.29 is 4.79 Å². The van der Waals surface area contributed by atoms with Crippen LogP contribution in [0.25, 0.3) is 0 Å².